The average Bonchev–Trinajstić information content (AvgIpc) is 2.62. The van der Waals surface area contributed by atoms with Crippen LogP contribution in [0.5, 0.6) is 23.0 Å². The van der Waals surface area contributed by atoms with Crippen molar-refractivity contribution in [2.24, 2.45) is 0 Å². The van der Waals surface area contributed by atoms with Gasteiger partial charge in [0.2, 0.25) is 0 Å². The molecule has 0 bridgehead atoms. The Morgan fingerprint density at radius 2 is 1.31 bits per heavy atom. The predicted octanol–water partition coefficient (Wildman–Crippen LogP) is 4.61. The first-order valence-electron chi connectivity index (χ1n) is 8.37. The third kappa shape index (κ3) is 3.18. The van der Waals surface area contributed by atoms with Gasteiger partial charge in [0.15, 0.2) is 11.5 Å². The zero-order chi connectivity index (χ0) is 18.8. The molecule has 0 radical (unpaired) electrons. The second-order valence-electron chi connectivity index (χ2n) is 6.42. The first-order valence-corrected chi connectivity index (χ1v) is 8.37. The zero-order valence-corrected chi connectivity index (χ0v) is 15.0. The van der Waals surface area contributed by atoms with Crippen molar-refractivity contribution in [2.45, 2.75) is 19.8 Å². The van der Waals surface area contributed by atoms with Crippen molar-refractivity contribution in [3.05, 3.63) is 82.4 Å². The molecule has 4 heteroatoms. The Kier molecular flexibility index (Phi) is 4.76. The minimum absolute atomic E-state index is 0.0801. The van der Waals surface area contributed by atoms with Crippen LogP contribution in [0.25, 0.3) is 0 Å². The third-order valence-corrected chi connectivity index (χ3v) is 4.67. The van der Waals surface area contributed by atoms with Crippen LogP contribution in [0.2, 0.25) is 0 Å². The lowest BCUT2D eigenvalue weighted by molar-refractivity contribution is 0.370. The number of hydrogen-bond donors (Lipinski definition) is 3. The van der Waals surface area contributed by atoms with Crippen LogP contribution >= 0.6 is 0 Å². The molecular formula is C22H22O4. The SMILES string of the molecule is COc1cccc(C(c2ccc(O)c(C)c2)c2ccc(O)c(C)c2)c1O. The van der Waals surface area contributed by atoms with Gasteiger partial charge in [-0.3, -0.25) is 0 Å². The van der Waals surface area contributed by atoms with Gasteiger partial charge in [0, 0.05) is 11.5 Å². The molecule has 0 aliphatic carbocycles. The molecule has 0 saturated heterocycles. The summed E-state index contributed by atoms with van der Waals surface area (Å²) in [5.41, 5.74) is 4.05. The molecule has 0 spiro atoms. The minimum Gasteiger partial charge on any atom is -0.508 e. The molecule has 0 atom stereocenters. The Balaban J connectivity index is 2.25. The molecule has 26 heavy (non-hydrogen) atoms. The molecule has 134 valence electrons. The van der Waals surface area contributed by atoms with E-state index >= 15 is 0 Å². The highest BCUT2D eigenvalue weighted by atomic mass is 16.5. The van der Waals surface area contributed by atoms with E-state index in [1.807, 2.05) is 50.2 Å². The van der Waals surface area contributed by atoms with E-state index in [1.165, 1.54) is 7.11 Å². The van der Waals surface area contributed by atoms with E-state index in [0.717, 1.165) is 22.3 Å². The van der Waals surface area contributed by atoms with Gasteiger partial charge in [-0.25, -0.2) is 0 Å². The molecule has 3 aromatic rings. The van der Waals surface area contributed by atoms with Crippen LogP contribution in [0.15, 0.2) is 54.6 Å². The molecule has 3 N–H and O–H groups in total. The second-order valence-corrected chi connectivity index (χ2v) is 6.42. The maximum atomic E-state index is 10.7. The van der Waals surface area contributed by atoms with Gasteiger partial charge in [0.25, 0.3) is 0 Å². The smallest absolute Gasteiger partial charge is 0.161 e. The zero-order valence-electron chi connectivity index (χ0n) is 15.0. The standard InChI is InChI=1S/C22H22O4/c1-13-11-15(7-9-18(13)23)21(16-8-10-19(24)14(2)12-16)17-5-4-6-20(26-3)22(17)25/h4-12,21,23-25H,1-3H3. The Morgan fingerprint density at radius 1 is 0.769 bits per heavy atom. The number of rotatable bonds is 4. The summed E-state index contributed by atoms with van der Waals surface area (Å²) in [6.45, 7) is 3.67. The van der Waals surface area contributed by atoms with Crippen LogP contribution in [0.3, 0.4) is 0 Å². The van der Waals surface area contributed by atoms with Crippen LogP contribution < -0.4 is 4.74 Å². The molecule has 0 saturated carbocycles. The predicted molar refractivity (Wildman–Crippen MR) is 101 cm³/mol. The lowest BCUT2D eigenvalue weighted by atomic mass is 9.83. The second kappa shape index (κ2) is 7.00. The maximum Gasteiger partial charge on any atom is 0.161 e. The lowest BCUT2D eigenvalue weighted by Gasteiger charge is -2.22. The fourth-order valence-electron chi connectivity index (χ4n) is 3.20. The number of ether oxygens (including phenoxy) is 1. The molecule has 0 fully saturated rings. The molecule has 0 heterocycles. The number of phenols is 3. The van der Waals surface area contributed by atoms with Gasteiger partial charge in [0.05, 0.1) is 7.11 Å². The summed E-state index contributed by atoms with van der Waals surface area (Å²) in [7, 11) is 1.52. The normalized spacial score (nSPS) is 10.9. The molecule has 0 aromatic heterocycles. The van der Waals surface area contributed by atoms with E-state index in [-0.39, 0.29) is 23.2 Å². The number of benzene rings is 3. The van der Waals surface area contributed by atoms with Gasteiger partial charge < -0.3 is 20.1 Å². The number of aryl methyl sites for hydroxylation is 2. The fourth-order valence-corrected chi connectivity index (χ4v) is 3.20. The lowest BCUT2D eigenvalue weighted by Crippen LogP contribution is -2.05. The molecule has 0 unspecified atom stereocenters. The Bertz CT molecular complexity index is 895. The summed E-state index contributed by atoms with van der Waals surface area (Å²) in [6, 6.07) is 16.2. The van der Waals surface area contributed by atoms with E-state index in [0.29, 0.717) is 11.3 Å². The molecule has 0 amide bonds. The molecule has 4 nitrogen and oxygen atoms in total. The Hall–Kier alpha value is -3.14. The molecular weight excluding hydrogens is 328 g/mol. The highest BCUT2D eigenvalue weighted by Gasteiger charge is 2.23. The summed E-state index contributed by atoms with van der Waals surface area (Å²) in [6.07, 6.45) is 0. The monoisotopic (exact) mass is 350 g/mol. The van der Waals surface area contributed by atoms with E-state index in [1.54, 1.807) is 18.2 Å². The third-order valence-electron chi connectivity index (χ3n) is 4.67. The van der Waals surface area contributed by atoms with Crippen LogP contribution in [0, 0.1) is 13.8 Å². The Labute approximate surface area is 153 Å². The quantitative estimate of drug-likeness (QED) is 0.601. The number of para-hydroxylation sites is 1. The Morgan fingerprint density at radius 3 is 1.77 bits per heavy atom. The molecule has 3 rings (SSSR count). The van der Waals surface area contributed by atoms with Crippen LogP contribution in [-0.4, -0.2) is 22.4 Å². The van der Waals surface area contributed by atoms with Gasteiger partial charge in [-0.1, -0.05) is 36.4 Å². The molecule has 3 aromatic carbocycles. The van der Waals surface area contributed by atoms with E-state index in [2.05, 4.69) is 0 Å². The number of phenolic OH excluding ortho intramolecular Hbond substituents is 3. The van der Waals surface area contributed by atoms with Gasteiger partial charge in [-0.05, 0) is 54.3 Å². The minimum atomic E-state index is -0.274. The fraction of sp³-hybridized carbons (Fsp3) is 0.182. The highest BCUT2D eigenvalue weighted by Crippen LogP contribution is 2.42. The summed E-state index contributed by atoms with van der Waals surface area (Å²) in [5.74, 6) is 0.659. The number of hydrogen-bond acceptors (Lipinski definition) is 4. The van der Waals surface area contributed by atoms with Crippen molar-refractivity contribution in [3.63, 3.8) is 0 Å². The van der Waals surface area contributed by atoms with Gasteiger partial charge >= 0.3 is 0 Å². The summed E-state index contributed by atoms with van der Waals surface area (Å²) < 4.78 is 5.26. The van der Waals surface area contributed by atoms with E-state index in [4.69, 9.17) is 4.74 Å². The van der Waals surface area contributed by atoms with Crippen LogP contribution in [0.4, 0.5) is 0 Å². The first kappa shape index (κ1) is 17.7. The van der Waals surface area contributed by atoms with Crippen molar-refractivity contribution >= 4 is 0 Å². The van der Waals surface area contributed by atoms with Gasteiger partial charge in [-0.15, -0.1) is 0 Å². The van der Waals surface area contributed by atoms with Crippen molar-refractivity contribution in [1.29, 1.82) is 0 Å². The highest BCUT2D eigenvalue weighted by molar-refractivity contribution is 5.56. The van der Waals surface area contributed by atoms with Gasteiger partial charge in [-0.2, -0.15) is 0 Å². The summed E-state index contributed by atoms with van der Waals surface area (Å²) in [5, 5.41) is 30.5. The number of methoxy groups -OCH3 is 1. The first-order chi connectivity index (χ1) is 12.4. The van der Waals surface area contributed by atoms with Crippen molar-refractivity contribution in [1.82, 2.24) is 0 Å². The summed E-state index contributed by atoms with van der Waals surface area (Å²) in [4.78, 5) is 0. The molecule has 0 aliphatic rings. The van der Waals surface area contributed by atoms with Crippen molar-refractivity contribution < 1.29 is 20.1 Å². The van der Waals surface area contributed by atoms with Crippen LogP contribution in [-0.2, 0) is 0 Å². The van der Waals surface area contributed by atoms with E-state index in [9.17, 15) is 15.3 Å². The average molecular weight is 350 g/mol. The number of aromatic hydroxyl groups is 3. The van der Waals surface area contributed by atoms with Crippen LogP contribution in [0.1, 0.15) is 33.7 Å². The summed E-state index contributed by atoms with van der Waals surface area (Å²) >= 11 is 0. The van der Waals surface area contributed by atoms with Gasteiger partial charge in [0.1, 0.15) is 11.5 Å². The topological polar surface area (TPSA) is 69.9 Å². The van der Waals surface area contributed by atoms with Crippen molar-refractivity contribution in [2.75, 3.05) is 7.11 Å². The largest absolute Gasteiger partial charge is 0.508 e. The van der Waals surface area contributed by atoms with E-state index < -0.39 is 0 Å². The molecule has 0 aliphatic heterocycles. The maximum absolute atomic E-state index is 10.7. The van der Waals surface area contributed by atoms with Crippen molar-refractivity contribution in [3.8, 4) is 23.0 Å².